The van der Waals surface area contributed by atoms with Gasteiger partial charge in [0.25, 0.3) is 11.6 Å². The summed E-state index contributed by atoms with van der Waals surface area (Å²) in [6, 6.07) is 11.1. The SMILES string of the molecule is COc1ccccc1OCCNC(=O)COC(=O)c1ccc(C)c([N+](=O)[O-])c1. The summed E-state index contributed by atoms with van der Waals surface area (Å²) >= 11 is 0. The predicted octanol–water partition coefficient (Wildman–Crippen LogP) is 2.26. The van der Waals surface area contributed by atoms with Crippen LogP contribution in [0.5, 0.6) is 11.5 Å². The van der Waals surface area contributed by atoms with Crippen LogP contribution in [-0.4, -0.2) is 43.7 Å². The van der Waals surface area contributed by atoms with Crippen LogP contribution < -0.4 is 14.8 Å². The van der Waals surface area contributed by atoms with Gasteiger partial charge < -0.3 is 19.5 Å². The number of nitrogens with zero attached hydrogens (tertiary/aromatic N) is 1. The molecule has 0 aliphatic heterocycles. The molecular weight excluding hydrogens is 368 g/mol. The molecule has 0 fully saturated rings. The molecule has 0 unspecified atom stereocenters. The minimum atomic E-state index is -0.816. The van der Waals surface area contributed by atoms with Crippen LogP contribution in [0, 0.1) is 17.0 Å². The summed E-state index contributed by atoms with van der Waals surface area (Å²) < 4.78 is 15.5. The minimum Gasteiger partial charge on any atom is -0.493 e. The van der Waals surface area contributed by atoms with Crippen molar-refractivity contribution in [1.29, 1.82) is 0 Å². The highest BCUT2D eigenvalue weighted by molar-refractivity contribution is 5.92. The summed E-state index contributed by atoms with van der Waals surface area (Å²) in [5.41, 5.74) is 0.242. The summed E-state index contributed by atoms with van der Waals surface area (Å²) in [6.07, 6.45) is 0. The lowest BCUT2D eigenvalue weighted by atomic mass is 10.1. The minimum absolute atomic E-state index is 0.00426. The van der Waals surface area contributed by atoms with Gasteiger partial charge in [-0.2, -0.15) is 0 Å². The maximum absolute atomic E-state index is 12.0. The van der Waals surface area contributed by atoms with Crippen molar-refractivity contribution in [3.8, 4) is 11.5 Å². The van der Waals surface area contributed by atoms with E-state index in [1.165, 1.54) is 19.2 Å². The first-order valence-electron chi connectivity index (χ1n) is 8.37. The Hall–Kier alpha value is -3.62. The zero-order valence-electron chi connectivity index (χ0n) is 15.5. The quantitative estimate of drug-likeness (QED) is 0.303. The van der Waals surface area contributed by atoms with E-state index in [1.54, 1.807) is 25.1 Å². The topological polar surface area (TPSA) is 117 Å². The Morgan fingerprint density at radius 3 is 2.54 bits per heavy atom. The number of para-hydroxylation sites is 2. The van der Waals surface area contributed by atoms with Crippen LogP contribution in [0.3, 0.4) is 0 Å². The predicted molar refractivity (Wildman–Crippen MR) is 99.6 cm³/mol. The van der Waals surface area contributed by atoms with Gasteiger partial charge in [0.2, 0.25) is 0 Å². The van der Waals surface area contributed by atoms with Crippen molar-refractivity contribution in [3.63, 3.8) is 0 Å². The number of rotatable bonds is 9. The van der Waals surface area contributed by atoms with Gasteiger partial charge in [-0.3, -0.25) is 14.9 Å². The summed E-state index contributed by atoms with van der Waals surface area (Å²) in [5.74, 6) is -0.205. The third kappa shape index (κ3) is 5.70. The molecule has 0 aliphatic rings. The largest absolute Gasteiger partial charge is 0.493 e. The van der Waals surface area contributed by atoms with E-state index in [0.717, 1.165) is 6.07 Å². The molecular formula is C19H20N2O7. The second kappa shape index (κ2) is 9.91. The number of carbonyl (C=O) groups excluding carboxylic acids is 2. The average Bonchev–Trinajstić information content (AvgIpc) is 2.69. The van der Waals surface area contributed by atoms with Crippen molar-refractivity contribution in [3.05, 3.63) is 63.7 Å². The molecule has 9 heteroatoms. The highest BCUT2D eigenvalue weighted by Crippen LogP contribution is 2.25. The molecule has 0 aliphatic carbocycles. The van der Waals surface area contributed by atoms with Crippen LogP contribution in [0.1, 0.15) is 15.9 Å². The van der Waals surface area contributed by atoms with Crippen molar-refractivity contribution >= 4 is 17.6 Å². The molecule has 9 nitrogen and oxygen atoms in total. The van der Waals surface area contributed by atoms with Crippen LogP contribution in [-0.2, 0) is 9.53 Å². The highest BCUT2D eigenvalue weighted by Gasteiger charge is 2.16. The Morgan fingerprint density at radius 2 is 1.86 bits per heavy atom. The number of methoxy groups -OCH3 is 1. The lowest BCUT2D eigenvalue weighted by molar-refractivity contribution is -0.385. The Kier molecular flexibility index (Phi) is 7.32. The van der Waals surface area contributed by atoms with E-state index in [0.29, 0.717) is 17.1 Å². The molecule has 1 N–H and O–H groups in total. The molecule has 0 radical (unpaired) electrons. The molecule has 148 valence electrons. The third-order valence-electron chi connectivity index (χ3n) is 3.73. The first-order chi connectivity index (χ1) is 13.4. The van der Waals surface area contributed by atoms with Gasteiger partial charge in [0, 0.05) is 11.6 Å². The number of ether oxygens (including phenoxy) is 3. The zero-order chi connectivity index (χ0) is 20.5. The fourth-order valence-corrected chi connectivity index (χ4v) is 2.29. The van der Waals surface area contributed by atoms with Crippen LogP contribution >= 0.6 is 0 Å². The first-order valence-corrected chi connectivity index (χ1v) is 8.37. The van der Waals surface area contributed by atoms with Crippen molar-refractivity contribution < 1.29 is 28.7 Å². The number of esters is 1. The molecule has 2 aromatic rings. The number of aryl methyl sites for hydroxylation is 1. The molecule has 0 bridgehead atoms. The van der Waals surface area contributed by atoms with Gasteiger partial charge in [0.05, 0.1) is 24.1 Å². The number of hydrogen-bond donors (Lipinski definition) is 1. The van der Waals surface area contributed by atoms with E-state index < -0.39 is 23.4 Å². The van der Waals surface area contributed by atoms with E-state index in [2.05, 4.69) is 5.32 Å². The van der Waals surface area contributed by atoms with Gasteiger partial charge in [-0.1, -0.05) is 18.2 Å². The maximum Gasteiger partial charge on any atom is 0.338 e. The molecule has 1 amide bonds. The normalized spacial score (nSPS) is 10.1. The summed E-state index contributed by atoms with van der Waals surface area (Å²) in [6.45, 7) is 1.46. The summed E-state index contributed by atoms with van der Waals surface area (Å²) in [4.78, 5) is 34.1. The second-order valence-corrected chi connectivity index (χ2v) is 5.68. The monoisotopic (exact) mass is 388 g/mol. The van der Waals surface area contributed by atoms with E-state index in [1.807, 2.05) is 6.07 Å². The van der Waals surface area contributed by atoms with Gasteiger partial charge in [0.1, 0.15) is 6.61 Å². The van der Waals surface area contributed by atoms with Crippen molar-refractivity contribution in [2.45, 2.75) is 6.92 Å². The van der Waals surface area contributed by atoms with Crippen molar-refractivity contribution in [2.24, 2.45) is 0 Å². The van der Waals surface area contributed by atoms with Crippen LogP contribution in [0.25, 0.3) is 0 Å². The molecule has 0 heterocycles. The number of hydrogen-bond acceptors (Lipinski definition) is 7. The number of nitrogens with one attached hydrogen (secondary N) is 1. The van der Waals surface area contributed by atoms with E-state index in [4.69, 9.17) is 14.2 Å². The Labute approximate surface area is 161 Å². The lowest BCUT2D eigenvalue weighted by Crippen LogP contribution is -2.32. The standard InChI is InChI=1S/C19H20N2O7/c1-13-7-8-14(11-15(13)21(24)25)19(23)28-12-18(22)20-9-10-27-17-6-4-3-5-16(17)26-2/h3-8,11H,9-10,12H2,1-2H3,(H,20,22). The molecule has 0 aromatic heterocycles. The number of amides is 1. The van der Waals surface area contributed by atoms with Crippen LogP contribution in [0.2, 0.25) is 0 Å². The number of nitro benzene ring substituents is 1. The molecule has 0 spiro atoms. The Balaban J connectivity index is 1.76. The third-order valence-corrected chi connectivity index (χ3v) is 3.73. The number of nitro groups is 1. The van der Waals surface area contributed by atoms with E-state index in [9.17, 15) is 19.7 Å². The molecule has 2 rings (SSSR count). The van der Waals surface area contributed by atoms with Crippen molar-refractivity contribution in [2.75, 3.05) is 26.9 Å². The molecule has 28 heavy (non-hydrogen) atoms. The Bertz CT molecular complexity index is 867. The Morgan fingerprint density at radius 1 is 1.14 bits per heavy atom. The maximum atomic E-state index is 12.0. The van der Waals surface area contributed by atoms with Gasteiger partial charge in [0.15, 0.2) is 18.1 Å². The smallest absolute Gasteiger partial charge is 0.338 e. The van der Waals surface area contributed by atoms with E-state index in [-0.39, 0.29) is 24.4 Å². The van der Waals surface area contributed by atoms with E-state index >= 15 is 0 Å². The van der Waals surface area contributed by atoms with Crippen LogP contribution in [0.15, 0.2) is 42.5 Å². The van der Waals surface area contributed by atoms with Gasteiger partial charge in [-0.25, -0.2) is 4.79 Å². The molecule has 0 atom stereocenters. The summed E-state index contributed by atoms with van der Waals surface area (Å²) in [5, 5.41) is 13.5. The molecule has 2 aromatic carbocycles. The fraction of sp³-hybridized carbons (Fsp3) is 0.263. The average molecular weight is 388 g/mol. The zero-order valence-corrected chi connectivity index (χ0v) is 15.5. The number of benzene rings is 2. The van der Waals surface area contributed by atoms with Gasteiger partial charge in [-0.15, -0.1) is 0 Å². The first kappa shape index (κ1) is 20.7. The summed E-state index contributed by atoms with van der Waals surface area (Å²) in [7, 11) is 1.53. The molecule has 0 saturated carbocycles. The second-order valence-electron chi connectivity index (χ2n) is 5.68. The highest BCUT2D eigenvalue weighted by atomic mass is 16.6. The molecule has 0 saturated heterocycles. The lowest BCUT2D eigenvalue weighted by Gasteiger charge is -2.11. The fourth-order valence-electron chi connectivity index (χ4n) is 2.29. The van der Waals surface area contributed by atoms with Gasteiger partial charge >= 0.3 is 5.97 Å². The number of carbonyl (C=O) groups is 2. The van der Waals surface area contributed by atoms with Gasteiger partial charge in [-0.05, 0) is 25.1 Å². The van der Waals surface area contributed by atoms with Crippen molar-refractivity contribution in [1.82, 2.24) is 5.32 Å². The van der Waals surface area contributed by atoms with Crippen LogP contribution in [0.4, 0.5) is 5.69 Å².